The number of hydrogen-bond donors (Lipinski definition) is 1. The van der Waals surface area contributed by atoms with Crippen molar-refractivity contribution in [1.82, 2.24) is 4.90 Å². The SMILES string of the molecule is O=C([C@H](O)C(F)(F)F)N1CCC2(CC2)C1. The molecule has 1 heterocycles. The molecule has 1 saturated heterocycles. The Morgan fingerprint density at radius 1 is 1.33 bits per heavy atom. The summed E-state index contributed by atoms with van der Waals surface area (Å²) in [6.45, 7) is 0.713. The maximum Gasteiger partial charge on any atom is 0.423 e. The van der Waals surface area contributed by atoms with Crippen molar-refractivity contribution in [3.63, 3.8) is 0 Å². The van der Waals surface area contributed by atoms with E-state index < -0.39 is 18.2 Å². The van der Waals surface area contributed by atoms with Gasteiger partial charge < -0.3 is 10.0 Å². The highest BCUT2D eigenvalue weighted by molar-refractivity contribution is 5.81. The van der Waals surface area contributed by atoms with E-state index in [0.717, 1.165) is 24.2 Å². The van der Waals surface area contributed by atoms with Crippen molar-refractivity contribution < 1.29 is 23.1 Å². The summed E-state index contributed by atoms with van der Waals surface area (Å²) in [6, 6.07) is 0. The molecular weight excluding hydrogens is 211 g/mol. The fraction of sp³-hybridized carbons (Fsp3) is 0.889. The highest BCUT2D eigenvalue weighted by Gasteiger charge is 2.52. The molecule has 0 radical (unpaired) electrons. The summed E-state index contributed by atoms with van der Waals surface area (Å²) in [5, 5.41) is 8.79. The Kier molecular flexibility index (Phi) is 2.22. The number of alkyl halides is 3. The van der Waals surface area contributed by atoms with Gasteiger partial charge in [0.1, 0.15) is 0 Å². The summed E-state index contributed by atoms with van der Waals surface area (Å²) in [5.74, 6) is -1.20. The van der Waals surface area contributed by atoms with Crippen LogP contribution in [0.1, 0.15) is 19.3 Å². The third kappa shape index (κ3) is 1.95. The molecule has 2 fully saturated rings. The van der Waals surface area contributed by atoms with Crippen LogP contribution >= 0.6 is 0 Å². The van der Waals surface area contributed by atoms with Gasteiger partial charge in [-0.3, -0.25) is 4.79 Å². The lowest BCUT2D eigenvalue weighted by molar-refractivity contribution is -0.210. The Balaban J connectivity index is 1.97. The summed E-state index contributed by atoms with van der Waals surface area (Å²) < 4.78 is 36.2. The molecule has 1 aliphatic carbocycles. The lowest BCUT2D eigenvalue weighted by atomic mass is 10.1. The number of hydrogen-bond acceptors (Lipinski definition) is 2. The van der Waals surface area contributed by atoms with Crippen molar-refractivity contribution in [2.45, 2.75) is 31.5 Å². The highest BCUT2D eigenvalue weighted by atomic mass is 19.4. The molecule has 3 nitrogen and oxygen atoms in total. The molecule has 1 atom stereocenters. The zero-order valence-corrected chi connectivity index (χ0v) is 8.05. The predicted octanol–water partition coefficient (Wildman–Crippen LogP) is 0.922. The Labute approximate surface area is 84.9 Å². The molecule has 2 rings (SSSR count). The predicted molar refractivity (Wildman–Crippen MR) is 44.9 cm³/mol. The molecule has 0 bridgehead atoms. The number of aliphatic hydroxyl groups excluding tert-OH is 1. The van der Waals surface area contributed by atoms with Gasteiger partial charge in [0.15, 0.2) is 0 Å². The van der Waals surface area contributed by atoms with Gasteiger partial charge in [0.05, 0.1) is 0 Å². The maximum absolute atomic E-state index is 12.1. The van der Waals surface area contributed by atoms with Gasteiger partial charge in [-0.1, -0.05) is 0 Å². The number of aliphatic hydroxyl groups is 1. The number of rotatable bonds is 1. The number of likely N-dealkylation sites (tertiary alicyclic amines) is 1. The van der Waals surface area contributed by atoms with Crippen LogP contribution in [0.2, 0.25) is 0 Å². The fourth-order valence-corrected chi connectivity index (χ4v) is 2.02. The number of nitrogens with zero attached hydrogens (tertiary/aromatic N) is 1. The first-order valence-corrected chi connectivity index (χ1v) is 4.88. The van der Waals surface area contributed by atoms with Gasteiger partial charge in [0, 0.05) is 13.1 Å². The molecule has 15 heavy (non-hydrogen) atoms. The molecule has 0 unspecified atom stereocenters. The second-order valence-corrected chi connectivity index (χ2v) is 4.45. The third-order valence-electron chi connectivity index (χ3n) is 3.25. The van der Waals surface area contributed by atoms with Crippen LogP contribution in [0.3, 0.4) is 0 Å². The molecule has 2 aliphatic rings. The van der Waals surface area contributed by atoms with Crippen LogP contribution < -0.4 is 0 Å². The van der Waals surface area contributed by atoms with Crippen LogP contribution in [0.25, 0.3) is 0 Å². The average molecular weight is 223 g/mol. The number of carbonyl (C=O) groups is 1. The van der Waals surface area contributed by atoms with E-state index in [0.29, 0.717) is 13.1 Å². The van der Waals surface area contributed by atoms with Crippen LogP contribution in [0.5, 0.6) is 0 Å². The second kappa shape index (κ2) is 3.10. The zero-order chi connectivity index (χ0) is 11.3. The molecule has 0 aromatic rings. The van der Waals surface area contributed by atoms with E-state index in [1.807, 2.05) is 0 Å². The summed E-state index contributed by atoms with van der Waals surface area (Å²) in [6.07, 6.45) is -4.97. The third-order valence-corrected chi connectivity index (χ3v) is 3.25. The standard InChI is InChI=1S/C9H12F3NO2/c10-9(11,12)6(14)7(15)13-4-3-8(5-13)1-2-8/h6,14H,1-5H2/t6-/m0/s1. The first-order valence-electron chi connectivity index (χ1n) is 4.88. The average Bonchev–Trinajstić information content (AvgIpc) is 2.73. The summed E-state index contributed by atoms with van der Waals surface area (Å²) in [7, 11) is 0. The molecule has 6 heteroatoms. The van der Waals surface area contributed by atoms with E-state index in [4.69, 9.17) is 5.11 Å². The molecule has 86 valence electrons. The second-order valence-electron chi connectivity index (χ2n) is 4.45. The van der Waals surface area contributed by atoms with Crippen LogP contribution in [0.15, 0.2) is 0 Å². The van der Waals surface area contributed by atoms with Crippen LogP contribution in [0, 0.1) is 5.41 Å². The Morgan fingerprint density at radius 3 is 2.33 bits per heavy atom. The smallest absolute Gasteiger partial charge is 0.376 e. The number of halogens is 3. The van der Waals surface area contributed by atoms with Crippen molar-refractivity contribution in [2.24, 2.45) is 5.41 Å². The maximum atomic E-state index is 12.1. The topological polar surface area (TPSA) is 40.5 Å². The van der Waals surface area contributed by atoms with E-state index in [-0.39, 0.29) is 5.41 Å². The van der Waals surface area contributed by atoms with E-state index in [1.165, 1.54) is 0 Å². The Bertz CT molecular complexity index is 286. The van der Waals surface area contributed by atoms with Crippen molar-refractivity contribution >= 4 is 5.91 Å². The molecule has 1 saturated carbocycles. The molecule has 0 aromatic carbocycles. The molecule has 1 N–H and O–H groups in total. The lowest BCUT2D eigenvalue weighted by Crippen LogP contribution is -2.45. The van der Waals surface area contributed by atoms with Gasteiger partial charge in [-0.25, -0.2) is 0 Å². The summed E-state index contributed by atoms with van der Waals surface area (Å²) >= 11 is 0. The largest absolute Gasteiger partial charge is 0.423 e. The zero-order valence-electron chi connectivity index (χ0n) is 8.05. The van der Waals surface area contributed by atoms with Crippen LogP contribution in [0.4, 0.5) is 13.2 Å². The van der Waals surface area contributed by atoms with Crippen LogP contribution in [-0.4, -0.2) is 41.3 Å². The fourth-order valence-electron chi connectivity index (χ4n) is 2.02. The van der Waals surface area contributed by atoms with Gasteiger partial charge in [-0.05, 0) is 24.7 Å². The first-order chi connectivity index (χ1) is 6.84. The van der Waals surface area contributed by atoms with Gasteiger partial charge in [-0.15, -0.1) is 0 Å². The van der Waals surface area contributed by atoms with Gasteiger partial charge >= 0.3 is 6.18 Å². The minimum Gasteiger partial charge on any atom is -0.376 e. The van der Waals surface area contributed by atoms with E-state index >= 15 is 0 Å². The van der Waals surface area contributed by atoms with Crippen molar-refractivity contribution in [3.8, 4) is 0 Å². The van der Waals surface area contributed by atoms with Gasteiger partial charge in [-0.2, -0.15) is 13.2 Å². The summed E-state index contributed by atoms with van der Waals surface area (Å²) in [5.41, 5.74) is 0.0843. The highest BCUT2D eigenvalue weighted by Crippen LogP contribution is 2.52. The minimum absolute atomic E-state index is 0.0843. The molecule has 1 aliphatic heterocycles. The molecule has 0 aromatic heterocycles. The summed E-state index contributed by atoms with van der Waals surface area (Å²) in [4.78, 5) is 12.4. The monoisotopic (exact) mass is 223 g/mol. The lowest BCUT2D eigenvalue weighted by Gasteiger charge is -2.21. The van der Waals surface area contributed by atoms with E-state index in [1.54, 1.807) is 0 Å². The first kappa shape index (κ1) is 10.7. The quantitative estimate of drug-likeness (QED) is 0.718. The molecule has 1 amide bonds. The normalized spacial score (nSPS) is 25.7. The van der Waals surface area contributed by atoms with E-state index in [2.05, 4.69) is 0 Å². The number of carbonyl (C=O) groups excluding carboxylic acids is 1. The van der Waals surface area contributed by atoms with Crippen molar-refractivity contribution in [2.75, 3.05) is 13.1 Å². The Morgan fingerprint density at radius 2 is 1.93 bits per heavy atom. The van der Waals surface area contributed by atoms with Crippen molar-refractivity contribution in [3.05, 3.63) is 0 Å². The van der Waals surface area contributed by atoms with E-state index in [9.17, 15) is 18.0 Å². The van der Waals surface area contributed by atoms with Crippen LogP contribution in [-0.2, 0) is 4.79 Å². The molecular formula is C9H12F3NO2. The molecule has 1 spiro atoms. The minimum atomic E-state index is -4.85. The van der Waals surface area contributed by atoms with Gasteiger partial charge in [0.25, 0.3) is 5.91 Å². The van der Waals surface area contributed by atoms with Crippen molar-refractivity contribution in [1.29, 1.82) is 0 Å². The number of amides is 1. The van der Waals surface area contributed by atoms with Gasteiger partial charge in [0.2, 0.25) is 6.10 Å². The Hall–Kier alpha value is -0.780.